The van der Waals surface area contributed by atoms with E-state index in [1.54, 1.807) is 0 Å². The minimum absolute atomic E-state index is 0.0413. The molecule has 0 heterocycles. The summed E-state index contributed by atoms with van der Waals surface area (Å²) in [6.45, 7) is 4.01. The molecule has 0 bridgehead atoms. The molecular formula is C7H15NO3. The van der Waals surface area contributed by atoms with Crippen molar-refractivity contribution in [2.24, 2.45) is 0 Å². The molecule has 0 rings (SSSR count). The van der Waals surface area contributed by atoms with Crippen LogP contribution >= 0.6 is 0 Å². The number of methoxy groups -OCH3 is 1. The predicted molar refractivity (Wildman–Crippen MR) is 40.3 cm³/mol. The molecule has 0 fully saturated rings. The Labute approximate surface area is 66.7 Å². The summed E-state index contributed by atoms with van der Waals surface area (Å²) in [5.41, 5.74) is 0. The van der Waals surface area contributed by atoms with E-state index in [-0.39, 0.29) is 18.4 Å². The minimum Gasteiger partial charge on any atom is -0.469 e. The summed E-state index contributed by atoms with van der Waals surface area (Å²) < 4.78 is 4.40. The van der Waals surface area contributed by atoms with E-state index in [9.17, 15) is 4.79 Å². The summed E-state index contributed by atoms with van der Waals surface area (Å²) in [4.78, 5) is 10.6. The zero-order valence-electron chi connectivity index (χ0n) is 7.20. The Morgan fingerprint density at radius 1 is 1.64 bits per heavy atom. The second-order valence-electron chi connectivity index (χ2n) is 2.58. The Morgan fingerprint density at radius 3 is 2.55 bits per heavy atom. The fraction of sp³-hybridized carbons (Fsp3) is 0.857. The lowest BCUT2D eigenvalue weighted by Gasteiger charge is -2.17. The van der Waals surface area contributed by atoms with Gasteiger partial charge in [0, 0.05) is 12.6 Å². The maximum atomic E-state index is 10.6. The number of hydrogen-bond acceptors (Lipinski definition) is 4. The van der Waals surface area contributed by atoms with Crippen molar-refractivity contribution in [2.75, 3.05) is 13.7 Å². The van der Waals surface area contributed by atoms with Gasteiger partial charge >= 0.3 is 5.97 Å². The van der Waals surface area contributed by atoms with E-state index in [2.05, 4.69) is 4.74 Å². The molecule has 4 nitrogen and oxygen atoms in total. The van der Waals surface area contributed by atoms with Crippen LogP contribution in [0.1, 0.15) is 20.3 Å². The minimum atomic E-state index is -0.301. The van der Waals surface area contributed by atoms with Crippen LogP contribution in [0.5, 0.6) is 0 Å². The summed E-state index contributed by atoms with van der Waals surface area (Å²) >= 11 is 0. The molecule has 66 valence electrons. The molecule has 0 aliphatic rings. The fourth-order valence-corrected chi connectivity index (χ4v) is 0.566. The zero-order valence-corrected chi connectivity index (χ0v) is 7.20. The Balaban J connectivity index is 3.45. The van der Waals surface area contributed by atoms with Gasteiger partial charge in [0.15, 0.2) is 0 Å². The summed E-state index contributed by atoms with van der Waals surface area (Å²) in [5.74, 6) is -0.301. The molecule has 0 saturated carbocycles. The van der Waals surface area contributed by atoms with Crippen LogP contribution in [-0.2, 0) is 9.53 Å². The normalized spacial score (nSPS) is 10.7. The van der Waals surface area contributed by atoms with Crippen molar-refractivity contribution >= 4 is 5.97 Å². The Kier molecular flexibility index (Phi) is 4.81. The first-order valence-electron chi connectivity index (χ1n) is 3.60. The summed E-state index contributed by atoms with van der Waals surface area (Å²) in [7, 11) is 1.33. The van der Waals surface area contributed by atoms with E-state index < -0.39 is 0 Å². The zero-order chi connectivity index (χ0) is 8.85. The molecule has 0 aromatic heterocycles. The van der Waals surface area contributed by atoms with E-state index in [1.807, 2.05) is 13.8 Å². The maximum Gasteiger partial charge on any atom is 0.306 e. The van der Waals surface area contributed by atoms with Crippen molar-refractivity contribution in [3.05, 3.63) is 0 Å². The number of hydrogen-bond donors (Lipinski definition) is 1. The van der Waals surface area contributed by atoms with Crippen molar-refractivity contribution in [2.45, 2.75) is 26.3 Å². The van der Waals surface area contributed by atoms with Gasteiger partial charge in [-0.05, 0) is 13.8 Å². The monoisotopic (exact) mass is 161 g/mol. The SMILES string of the molecule is COC(=O)CCN(O)C(C)C. The van der Waals surface area contributed by atoms with Gasteiger partial charge in [-0.2, -0.15) is 5.06 Å². The Bertz CT molecular complexity index is 125. The third kappa shape index (κ3) is 4.75. The standard InChI is InChI=1S/C7H15NO3/c1-6(2)8(10)5-4-7(9)11-3/h6,10H,4-5H2,1-3H3. The maximum absolute atomic E-state index is 10.6. The number of carbonyl (C=O) groups is 1. The molecule has 0 aromatic rings. The Hall–Kier alpha value is -0.610. The van der Waals surface area contributed by atoms with E-state index in [4.69, 9.17) is 5.21 Å². The summed E-state index contributed by atoms with van der Waals surface area (Å²) in [6, 6.07) is 0.0413. The molecule has 0 aromatic carbocycles. The van der Waals surface area contributed by atoms with E-state index in [0.717, 1.165) is 5.06 Å². The molecule has 4 heteroatoms. The van der Waals surface area contributed by atoms with Crippen LogP contribution in [0.2, 0.25) is 0 Å². The highest BCUT2D eigenvalue weighted by Crippen LogP contribution is 1.95. The van der Waals surface area contributed by atoms with Crippen molar-refractivity contribution in [1.82, 2.24) is 5.06 Å². The number of ether oxygens (including phenoxy) is 1. The molecule has 1 N–H and O–H groups in total. The second kappa shape index (κ2) is 5.09. The quantitative estimate of drug-likeness (QED) is 0.486. The molecular weight excluding hydrogens is 146 g/mol. The van der Waals surface area contributed by atoms with Crippen LogP contribution in [0.3, 0.4) is 0 Å². The van der Waals surface area contributed by atoms with Crippen molar-refractivity contribution < 1.29 is 14.7 Å². The second-order valence-corrected chi connectivity index (χ2v) is 2.58. The first-order chi connectivity index (χ1) is 5.07. The first-order valence-corrected chi connectivity index (χ1v) is 3.60. The lowest BCUT2D eigenvalue weighted by Crippen LogP contribution is -2.29. The van der Waals surface area contributed by atoms with Crippen LogP contribution in [0, 0.1) is 0 Å². The number of hydroxylamine groups is 2. The third-order valence-electron chi connectivity index (χ3n) is 1.37. The predicted octanol–water partition coefficient (Wildman–Crippen LogP) is 0.649. The molecule has 0 spiro atoms. The van der Waals surface area contributed by atoms with Gasteiger partial charge in [-0.15, -0.1) is 0 Å². The first kappa shape index (κ1) is 10.4. The average Bonchev–Trinajstić information content (AvgIpc) is 1.99. The summed E-state index contributed by atoms with van der Waals surface area (Å²) in [6.07, 6.45) is 0.227. The molecule has 0 aliphatic carbocycles. The number of esters is 1. The highest BCUT2D eigenvalue weighted by atomic mass is 16.5. The smallest absolute Gasteiger partial charge is 0.306 e. The lowest BCUT2D eigenvalue weighted by atomic mass is 10.3. The number of nitrogens with zero attached hydrogens (tertiary/aromatic N) is 1. The van der Waals surface area contributed by atoms with Crippen LogP contribution < -0.4 is 0 Å². The van der Waals surface area contributed by atoms with Gasteiger partial charge in [-0.25, -0.2) is 0 Å². The van der Waals surface area contributed by atoms with Crippen molar-refractivity contribution in [3.8, 4) is 0 Å². The molecule has 0 atom stereocenters. The van der Waals surface area contributed by atoms with Crippen LogP contribution in [-0.4, -0.2) is 35.9 Å². The van der Waals surface area contributed by atoms with Crippen LogP contribution in [0.15, 0.2) is 0 Å². The third-order valence-corrected chi connectivity index (χ3v) is 1.37. The van der Waals surface area contributed by atoms with Gasteiger partial charge in [0.25, 0.3) is 0 Å². The molecule has 0 amide bonds. The van der Waals surface area contributed by atoms with Crippen molar-refractivity contribution in [1.29, 1.82) is 0 Å². The Morgan fingerprint density at radius 2 is 2.18 bits per heavy atom. The molecule has 0 saturated heterocycles. The van der Waals surface area contributed by atoms with Gasteiger partial charge < -0.3 is 9.94 Å². The van der Waals surface area contributed by atoms with Gasteiger partial charge in [-0.1, -0.05) is 0 Å². The van der Waals surface area contributed by atoms with E-state index >= 15 is 0 Å². The van der Waals surface area contributed by atoms with Crippen LogP contribution in [0.4, 0.5) is 0 Å². The van der Waals surface area contributed by atoms with Gasteiger partial charge in [0.05, 0.1) is 13.5 Å². The molecule has 0 radical (unpaired) electrons. The molecule has 0 aliphatic heterocycles. The fourth-order valence-electron chi connectivity index (χ4n) is 0.566. The average molecular weight is 161 g/mol. The molecule has 0 unspecified atom stereocenters. The largest absolute Gasteiger partial charge is 0.469 e. The number of rotatable bonds is 4. The van der Waals surface area contributed by atoms with Crippen LogP contribution in [0.25, 0.3) is 0 Å². The highest BCUT2D eigenvalue weighted by Gasteiger charge is 2.07. The van der Waals surface area contributed by atoms with Crippen molar-refractivity contribution in [3.63, 3.8) is 0 Å². The van der Waals surface area contributed by atoms with Gasteiger partial charge in [0.2, 0.25) is 0 Å². The highest BCUT2D eigenvalue weighted by molar-refractivity contribution is 5.69. The number of carbonyl (C=O) groups excluding carboxylic acids is 1. The van der Waals surface area contributed by atoms with E-state index in [0.29, 0.717) is 6.54 Å². The van der Waals surface area contributed by atoms with E-state index in [1.165, 1.54) is 7.11 Å². The molecule has 11 heavy (non-hydrogen) atoms. The summed E-state index contributed by atoms with van der Waals surface area (Å²) in [5, 5.41) is 10.2. The lowest BCUT2D eigenvalue weighted by molar-refractivity contribution is -0.149. The van der Waals surface area contributed by atoms with Gasteiger partial charge in [-0.3, -0.25) is 4.79 Å². The topological polar surface area (TPSA) is 49.8 Å². The van der Waals surface area contributed by atoms with Gasteiger partial charge in [0.1, 0.15) is 0 Å².